The molecule has 0 spiro atoms. The Kier molecular flexibility index (Phi) is 2.48. The Hall–Kier alpha value is -1.00. The highest BCUT2D eigenvalue weighted by molar-refractivity contribution is 7.10. The quantitative estimate of drug-likeness (QED) is 0.732. The van der Waals surface area contributed by atoms with Crippen molar-refractivity contribution in [2.45, 2.75) is 13.8 Å². The van der Waals surface area contributed by atoms with Crippen LogP contribution in [0.5, 0.6) is 0 Å². The third kappa shape index (κ3) is 1.63. The van der Waals surface area contributed by atoms with Crippen LogP contribution in [0.15, 0.2) is 16.8 Å². The summed E-state index contributed by atoms with van der Waals surface area (Å²) in [7, 11) is 0. The first-order chi connectivity index (χ1) is 6.68. The predicted octanol–water partition coefficient (Wildman–Crippen LogP) is 3.05. The Balaban J connectivity index is 2.38. The molecular formula is C10H9NOS2. The molecule has 2 nitrogen and oxygen atoms in total. The lowest BCUT2D eigenvalue weighted by Crippen LogP contribution is -2.01. The van der Waals surface area contributed by atoms with Crippen molar-refractivity contribution >= 4 is 28.5 Å². The molecule has 0 aliphatic heterocycles. The Morgan fingerprint density at radius 2 is 2.14 bits per heavy atom. The SMILES string of the molecule is Cc1nc(C(=O)c2ccsc2C)cs1. The summed E-state index contributed by atoms with van der Waals surface area (Å²) in [6, 6.07) is 1.86. The van der Waals surface area contributed by atoms with E-state index in [2.05, 4.69) is 4.98 Å². The van der Waals surface area contributed by atoms with Crippen molar-refractivity contribution < 1.29 is 4.79 Å². The minimum Gasteiger partial charge on any atom is -0.287 e. The average molecular weight is 223 g/mol. The van der Waals surface area contributed by atoms with Crippen LogP contribution in [-0.2, 0) is 0 Å². The minimum atomic E-state index is 0.0353. The minimum absolute atomic E-state index is 0.0353. The van der Waals surface area contributed by atoms with Gasteiger partial charge in [-0.3, -0.25) is 4.79 Å². The number of thiophene rings is 1. The summed E-state index contributed by atoms with van der Waals surface area (Å²) in [4.78, 5) is 17.1. The second-order valence-electron chi connectivity index (χ2n) is 2.97. The fourth-order valence-corrected chi connectivity index (χ4v) is 2.52. The van der Waals surface area contributed by atoms with Crippen molar-refractivity contribution in [2.24, 2.45) is 0 Å². The molecule has 0 atom stereocenters. The zero-order valence-corrected chi connectivity index (χ0v) is 9.54. The van der Waals surface area contributed by atoms with Gasteiger partial charge in [0.1, 0.15) is 5.69 Å². The number of rotatable bonds is 2. The number of carbonyl (C=O) groups excluding carboxylic acids is 1. The van der Waals surface area contributed by atoms with Crippen LogP contribution in [-0.4, -0.2) is 10.8 Å². The monoisotopic (exact) mass is 223 g/mol. The van der Waals surface area contributed by atoms with Crippen LogP contribution in [0.3, 0.4) is 0 Å². The number of carbonyl (C=O) groups is 1. The van der Waals surface area contributed by atoms with E-state index in [0.29, 0.717) is 5.69 Å². The van der Waals surface area contributed by atoms with Gasteiger partial charge in [-0.25, -0.2) is 4.98 Å². The molecule has 0 saturated heterocycles. The second kappa shape index (κ2) is 3.63. The van der Waals surface area contributed by atoms with Crippen molar-refractivity contribution in [1.29, 1.82) is 0 Å². The molecule has 0 unspecified atom stereocenters. The number of aromatic nitrogens is 1. The Labute approximate surface area is 90.2 Å². The Bertz CT molecular complexity index is 470. The summed E-state index contributed by atoms with van der Waals surface area (Å²) in [6.45, 7) is 3.86. The van der Waals surface area contributed by atoms with Gasteiger partial charge in [0, 0.05) is 15.8 Å². The predicted molar refractivity (Wildman–Crippen MR) is 59.3 cm³/mol. The van der Waals surface area contributed by atoms with E-state index in [-0.39, 0.29) is 5.78 Å². The largest absolute Gasteiger partial charge is 0.287 e. The molecule has 14 heavy (non-hydrogen) atoms. The molecule has 4 heteroatoms. The molecule has 0 saturated carbocycles. The lowest BCUT2D eigenvalue weighted by Gasteiger charge is -1.94. The number of nitrogens with zero attached hydrogens (tertiary/aromatic N) is 1. The number of hydrogen-bond acceptors (Lipinski definition) is 4. The van der Waals surface area contributed by atoms with Gasteiger partial charge in [-0.1, -0.05) is 0 Å². The third-order valence-electron chi connectivity index (χ3n) is 1.96. The van der Waals surface area contributed by atoms with Crippen LogP contribution in [0.25, 0.3) is 0 Å². The number of thiazole rings is 1. The first kappa shape index (κ1) is 9.55. The van der Waals surface area contributed by atoms with E-state index in [0.717, 1.165) is 15.4 Å². The molecule has 72 valence electrons. The van der Waals surface area contributed by atoms with Crippen molar-refractivity contribution in [3.8, 4) is 0 Å². The fourth-order valence-electron chi connectivity index (χ4n) is 1.23. The van der Waals surface area contributed by atoms with Crippen LogP contribution in [0.2, 0.25) is 0 Å². The highest BCUT2D eigenvalue weighted by Crippen LogP contribution is 2.19. The summed E-state index contributed by atoms with van der Waals surface area (Å²) >= 11 is 3.10. The molecule has 0 bridgehead atoms. The molecule has 2 aromatic heterocycles. The van der Waals surface area contributed by atoms with E-state index in [1.54, 1.807) is 11.3 Å². The maximum absolute atomic E-state index is 11.9. The first-order valence-electron chi connectivity index (χ1n) is 4.19. The Morgan fingerprint density at radius 3 is 2.64 bits per heavy atom. The second-order valence-corrected chi connectivity index (χ2v) is 5.15. The van der Waals surface area contributed by atoms with Crippen molar-refractivity contribution in [2.75, 3.05) is 0 Å². The fraction of sp³-hybridized carbons (Fsp3) is 0.200. The summed E-state index contributed by atoms with van der Waals surface area (Å²) in [5, 5.41) is 4.68. The van der Waals surface area contributed by atoms with E-state index in [1.165, 1.54) is 11.3 Å². The zero-order chi connectivity index (χ0) is 10.1. The lowest BCUT2D eigenvalue weighted by molar-refractivity contribution is 0.103. The maximum Gasteiger partial charge on any atom is 0.213 e. The molecule has 0 aromatic carbocycles. The van der Waals surface area contributed by atoms with Gasteiger partial charge in [0.05, 0.1) is 5.01 Å². The highest BCUT2D eigenvalue weighted by Gasteiger charge is 2.14. The third-order valence-corrected chi connectivity index (χ3v) is 3.57. The standard InChI is InChI=1S/C10H9NOS2/c1-6-8(3-4-13-6)10(12)9-5-14-7(2)11-9/h3-5H,1-2H3. The maximum atomic E-state index is 11.9. The van der Waals surface area contributed by atoms with Crippen molar-refractivity contribution in [1.82, 2.24) is 4.98 Å². The van der Waals surface area contributed by atoms with Crippen LogP contribution in [0.4, 0.5) is 0 Å². The summed E-state index contributed by atoms with van der Waals surface area (Å²) < 4.78 is 0. The molecule has 0 radical (unpaired) electrons. The van der Waals surface area contributed by atoms with E-state index in [1.807, 2.05) is 30.7 Å². The normalized spacial score (nSPS) is 10.4. The van der Waals surface area contributed by atoms with E-state index in [4.69, 9.17) is 0 Å². The molecule has 0 amide bonds. The number of ketones is 1. The molecule has 2 heterocycles. The van der Waals surface area contributed by atoms with Crippen LogP contribution < -0.4 is 0 Å². The van der Waals surface area contributed by atoms with E-state index in [9.17, 15) is 4.79 Å². The van der Waals surface area contributed by atoms with Gasteiger partial charge in [0.25, 0.3) is 0 Å². The van der Waals surface area contributed by atoms with Gasteiger partial charge in [0.15, 0.2) is 0 Å². The molecule has 2 aromatic rings. The molecule has 0 aliphatic rings. The zero-order valence-electron chi connectivity index (χ0n) is 7.90. The smallest absolute Gasteiger partial charge is 0.213 e. The van der Waals surface area contributed by atoms with Crippen LogP contribution in [0, 0.1) is 13.8 Å². The molecular weight excluding hydrogens is 214 g/mol. The lowest BCUT2D eigenvalue weighted by atomic mass is 10.1. The summed E-state index contributed by atoms with van der Waals surface area (Å²) in [5.74, 6) is 0.0353. The van der Waals surface area contributed by atoms with E-state index >= 15 is 0 Å². The first-order valence-corrected chi connectivity index (χ1v) is 5.95. The van der Waals surface area contributed by atoms with Gasteiger partial charge in [-0.05, 0) is 25.3 Å². The van der Waals surface area contributed by atoms with Gasteiger partial charge < -0.3 is 0 Å². The van der Waals surface area contributed by atoms with Crippen LogP contribution in [0.1, 0.15) is 25.9 Å². The van der Waals surface area contributed by atoms with Crippen LogP contribution >= 0.6 is 22.7 Å². The topological polar surface area (TPSA) is 30.0 Å². The van der Waals surface area contributed by atoms with Gasteiger partial charge in [-0.15, -0.1) is 22.7 Å². The number of hydrogen-bond donors (Lipinski definition) is 0. The molecule has 0 fully saturated rings. The average Bonchev–Trinajstić information content (AvgIpc) is 2.73. The van der Waals surface area contributed by atoms with Crippen molar-refractivity contribution in [3.05, 3.63) is 38.0 Å². The molecule has 2 rings (SSSR count). The number of aryl methyl sites for hydroxylation is 2. The summed E-state index contributed by atoms with van der Waals surface area (Å²) in [6.07, 6.45) is 0. The van der Waals surface area contributed by atoms with Crippen molar-refractivity contribution in [3.63, 3.8) is 0 Å². The molecule has 0 aliphatic carbocycles. The van der Waals surface area contributed by atoms with Gasteiger partial charge in [-0.2, -0.15) is 0 Å². The van der Waals surface area contributed by atoms with Gasteiger partial charge >= 0.3 is 0 Å². The van der Waals surface area contributed by atoms with E-state index < -0.39 is 0 Å². The molecule has 0 N–H and O–H groups in total. The van der Waals surface area contributed by atoms with Gasteiger partial charge in [0.2, 0.25) is 5.78 Å². The Morgan fingerprint density at radius 1 is 1.36 bits per heavy atom. The summed E-state index contributed by atoms with van der Waals surface area (Å²) in [5.41, 5.74) is 1.34. The highest BCUT2D eigenvalue weighted by atomic mass is 32.1.